The van der Waals surface area contributed by atoms with Crippen molar-refractivity contribution >= 4 is 29.1 Å². The van der Waals surface area contributed by atoms with E-state index in [2.05, 4.69) is 10.6 Å². The minimum absolute atomic E-state index is 0.317. The monoisotopic (exact) mass is 377 g/mol. The third-order valence-corrected chi connectivity index (χ3v) is 4.53. The molecule has 2 heterocycles. The molecule has 0 spiro atoms. The van der Waals surface area contributed by atoms with Gasteiger partial charge < -0.3 is 30.4 Å². The van der Waals surface area contributed by atoms with Gasteiger partial charge in [-0.1, -0.05) is 12.1 Å². The number of hydrogen-bond acceptors (Lipinski definition) is 5. The van der Waals surface area contributed by atoms with Gasteiger partial charge in [0, 0.05) is 11.4 Å². The van der Waals surface area contributed by atoms with E-state index in [1.165, 1.54) is 0 Å². The highest BCUT2D eigenvalue weighted by atomic mass is 16.5. The number of ether oxygens (including phenoxy) is 1. The smallest absolute Gasteiger partial charge is 0.316 e. The van der Waals surface area contributed by atoms with Gasteiger partial charge in [0.05, 0.1) is 18.9 Å². The second-order valence-electron chi connectivity index (χ2n) is 6.24. The number of nitrogens with two attached hydrogens (primary N) is 1. The highest BCUT2D eigenvalue weighted by Gasteiger charge is 2.33. The molecule has 0 saturated heterocycles. The number of amides is 2. The van der Waals surface area contributed by atoms with E-state index in [0.29, 0.717) is 23.0 Å². The van der Waals surface area contributed by atoms with E-state index in [9.17, 15) is 4.79 Å². The minimum atomic E-state index is -0.620. The van der Waals surface area contributed by atoms with E-state index >= 15 is 0 Å². The molecule has 5 N–H and O–H groups in total. The Balaban J connectivity index is 1.73. The summed E-state index contributed by atoms with van der Waals surface area (Å²) in [6, 6.07) is 15.9. The Morgan fingerprint density at radius 3 is 2.54 bits per heavy atom. The number of benzene rings is 2. The lowest BCUT2D eigenvalue weighted by Crippen LogP contribution is -2.42. The van der Waals surface area contributed by atoms with E-state index in [-0.39, 0.29) is 6.17 Å². The number of fused-ring (bicyclic) bond motifs is 1. The Bertz CT molecular complexity index is 1010. The van der Waals surface area contributed by atoms with Crippen molar-refractivity contribution in [3.63, 3.8) is 0 Å². The van der Waals surface area contributed by atoms with Crippen molar-refractivity contribution in [2.24, 2.45) is 5.73 Å². The molecule has 1 aliphatic heterocycles. The van der Waals surface area contributed by atoms with Gasteiger partial charge in [-0.15, -0.1) is 0 Å². The summed E-state index contributed by atoms with van der Waals surface area (Å²) >= 11 is 0. The quantitative estimate of drug-likeness (QED) is 0.553. The summed E-state index contributed by atoms with van der Waals surface area (Å²) in [6.45, 7) is 0. The first kappa shape index (κ1) is 17.5. The summed E-state index contributed by atoms with van der Waals surface area (Å²) in [5.41, 5.74) is 8.15. The molecule has 1 aromatic heterocycles. The first-order valence-corrected chi connectivity index (χ1v) is 8.59. The lowest BCUT2D eigenvalue weighted by atomic mass is 10.1. The summed E-state index contributed by atoms with van der Waals surface area (Å²) < 4.78 is 10.7. The maximum absolute atomic E-state index is 11.0. The molecule has 1 unspecified atom stereocenters. The number of methoxy groups -OCH3 is 1. The number of nitrogens with one attached hydrogen (secondary N) is 3. The molecule has 8 nitrogen and oxygen atoms in total. The largest absolute Gasteiger partial charge is 0.497 e. The molecule has 0 radical (unpaired) electrons. The Kier molecular flexibility index (Phi) is 4.36. The number of urea groups is 1. The topological polar surface area (TPSA) is 117 Å². The summed E-state index contributed by atoms with van der Waals surface area (Å²) in [4.78, 5) is 12.9. The van der Waals surface area contributed by atoms with Gasteiger partial charge in [0.1, 0.15) is 17.8 Å². The second-order valence-corrected chi connectivity index (χ2v) is 6.24. The number of amidine groups is 1. The Morgan fingerprint density at radius 2 is 1.89 bits per heavy atom. The predicted octanol–water partition coefficient (Wildman–Crippen LogP) is 3.74. The van der Waals surface area contributed by atoms with Gasteiger partial charge >= 0.3 is 6.03 Å². The van der Waals surface area contributed by atoms with Crippen LogP contribution in [0.5, 0.6) is 5.75 Å². The Morgan fingerprint density at radius 1 is 1.18 bits per heavy atom. The Hall–Kier alpha value is -3.94. The lowest BCUT2D eigenvalue weighted by Gasteiger charge is -2.38. The molecule has 3 aromatic rings. The van der Waals surface area contributed by atoms with Crippen LogP contribution >= 0.6 is 0 Å². The van der Waals surface area contributed by atoms with Crippen molar-refractivity contribution in [2.75, 3.05) is 22.6 Å². The highest BCUT2D eigenvalue weighted by molar-refractivity contribution is 6.13. The molecule has 28 heavy (non-hydrogen) atoms. The van der Waals surface area contributed by atoms with E-state index in [1.807, 2.05) is 41.3 Å². The fourth-order valence-electron chi connectivity index (χ4n) is 3.20. The van der Waals surface area contributed by atoms with Crippen LogP contribution in [0.15, 0.2) is 65.3 Å². The zero-order valence-electron chi connectivity index (χ0n) is 15.1. The van der Waals surface area contributed by atoms with Crippen molar-refractivity contribution in [2.45, 2.75) is 6.17 Å². The first-order valence-electron chi connectivity index (χ1n) is 8.59. The van der Waals surface area contributed by atoms with Crippen molar-refractivity contribution in [3.8, 4) is 5.75 Å². The fourth-order valence-corrected chi connectivity index (χ4v) is 3.20. The summed E-state index contributed by atoms with van der Waals surface area (Å²) in [5.74, 6) is 1.60. The van der Waals surface area contributed by atoms with Crippen molar-refractivity contribution in [1.82, 2.24) is 0 Å². The lowest BCUT2D eigenvalue weighted by molar-refractivity contribution is 0.259. The molecular weight excluding hydrogens is 358 g/mol. The average molecular weight is 377 g/mol. The number of carbonyl (C=O) groups is 1. The van der Waals surface area contributed by atoms with E-state index in [4.69, 9.17) is 20.3 Å². The highest BCUT2D eigenvalue weighted by Crippen LogP contribution is 2.37. The van der Waals surface area contributed by atoms with E-state index < -0.39 is 6.03 Å². The number of nitrogens with zero attached hydrogens (tertiary/aromatic N) is 1. The standard InChI is InChI=1S/C20H19N5O3/c1-27-15-8-6-14(7-9-15)25-17(21)16-10-11-28-19(16)24-18(25)12-2-4-13(5-3-12)23-20(22)26/h2-11,18,21,24H,1H3,(H3,22,23,26). The molecule has 0 fully saturated rings. The molecule has 4 rings (SSSR count). The van der Waals surface area contributed by atoms with Crippen LogP contribution in [0.1, 0.15) is 17.3 Å². The van der Waals surface area contributed by atoms with E-state index in [0.717, 1.165) is 17.0 Å². The predicted molar refractivity (Wildman–Crippen MR) is 107 cm³/mol. The molecule has 1 atom stereocenters. The van der Waals surface area contributed by atoms with Crippen molar-refractivity contribution in [1.29, 1.82) is 5.41 Å². The zero-order valence-corrected chi connectivity index (χ0v) is 15.1. The van der Waals surface area contributed by atoms with Crippen LogP contribution < -0.4 is 26.0 Å². The molecule has 0 bridgehead atoms. The molecule has 142 valence electrons. The number of anilines is 3. The molecular formula is C20H19N5O3. The average Bonchev–Trinajstić information content (AvgIpc) is 3.17. The second kappa shape index (κ2) is 6.99. The number of primary amides is 1. The van der Waals surface area contributed by atoms with Crippen LogP contribution in [0.2, 0.25) is 0 Å². The van der Waals surface area contributed by atoms with Gasteiger partial charge in [-0.05, 0) is 48.0 Å². The number of furan rings is 1. The minimum Gasteiger partial charge on any atom is -0.497 e. The van der Waals surface area contributed by atoms with Gasteiger partial charge in [0.15, 0.2) is 0 Å². The van der Waals surface area contributed by atoms with Crippen LogP contribution in [0, 0.1) is 5.41 Å². The molecule has 0 aliphatic carbocycles. The van der Waals surface area contributed by atoms with Crippen LogP contribution in [0.3, 0.4) is 0 Å². The maximum Gasteiger partial charge on any atom is 0.316 e. The van der Waals surface area contributed by atoms with Crippen LogP contribution in [-0.4, -0.2) is 19.0 Å². The maximum atomic E-state index is 11.0. The Labute approximate surface area is 161 Å². The fraction of sp³-hybridized carbons (Fsp3) is 0.100. The van der Waals surface area contributed by atoms with Crippen molar-refractivity contribution < 1.29 is 13.9 Å². The van der Waals surface area contributed by atoms with Crippen molar-refractivity contribution in [3.05, 3.63) is 72.0 Å². The first-order chi connectivity index (χ1) is 13.6. The normalized spacial score (nSPS) is 15.5. The summed E-state index contributed by atoms with van der Waals surface area (Å²) in [5, 5.41) is 14.6. The third kappa shape index (κ3) is 3.11. The number of carbonyl (C=O) groups excluding carboxylic acids is 1. The van der Waals surface area contributed by atoms with E-state index in [1.54, 1.807) is 31.6 Å². The van der Waals surface area contributed by atoms with Crippen LogP contribution in [0.4, 0.5) is 22.1 Å². The SMILES string of the molecule is COc1ccc(N2C(=N)c3ccoc3NC2c2ccc(NC(N)=O)cc2)cc1. The van der Waals surface area contributed by atoms with Crippen LogP contribution in [0.25, 0.3) is 0 Å². The molecule has 0 saturated carbocycles. The molecule has 2 aromatic carbocycles. The van der Waals surface area contributed by atoms with Gasteiger partial charge in [-0.25, -0.2) is 4.79 Å². The molecule has 1 aliphatic rings. The van der Waals surface area contributed by atoms with Gasteiger partial charge in [-0.2, -0.15) is 0 Å². The third-order valence-electron chi connectivity index (χ3n) is 4.53. The summed E-state index contributed by atoms with van der Waals surface area (Å²) in [6.07, 6.45) is 1.18. The molecule has 2 amide bonds. The summed E-state index contributed by atoms with van der Waals surface area (Å²) in [7, 11) is 1.61. The van der Waals surface area contributed by atoms with Crippen LogP contribution in [-0.2, 0) is 0 Å². The number of rotatable bonds is 4. The van der Waals surface area contributed by atoms with Gasteiger partial charge in [0.25, 0.3) is 0 Å². The molecule has 8 heteroatoms. The zero-order chi connectivity index (χ0) is 19.7. The van der Waals surface area contributed by atoms with Gasteiger partial charge in [0.2, 0.25) is 5.88 Å². The van der Waals surface area contributed by atoms with Gasteiger partial charge in [-0.3, -0.25) is 5.41 Å². The number of hydrogen-bond donors (Lipinski definition) is 4.